The topological polar surface area (TPSA) is 117 Å². The molecule has 40 heavy (non-hydrogen) atoms. The van der Waals surface area contributed by atoms with Gasteiger partial charge in [-0.05, 0) is 48.5 Å². The van der Waals surface area contributed by atoms with Crippen LogP contribution in [-0.2, 0) is 0 Å². The molecular formula is C28H20Cl4N2O6. The average molecular weight is 622 g/mol. The summed E-state index contributed by atoms with van der Waals surface area (Å²) in [6.45, 7) is 0.0966. The number of halogens is 4. The molecule has 0 amide bonds. The first-order valence-corrected chi connectivity index (χ1v) is 13.1. The highest BCUT2D eigenvalue weighted by Gasteiger charge is 2.15. The van der Waals surface area contributed by atoms with Crippen molar-refractivity contribution in [2.24, 2.45) is 0 Å². The zero-order valence-corrected chi connectivity index (χ0v) is 23.4. The number of aromatic carboxylic acids is 2. The number of carboxylic acids is 2. The largest absolute Gasteiger partial charge is 0.487 e. The van der Waals surface area contributed by atoms with Gasteiger partial charge in [-0.3, -0.25) is 0 Å². The Morgan fingerprint density at radius 2 is 0.925 bits per heavy atom. The van der Waals surface area contributed by atoms with Gasteiger partial charge in [0.25, 0.3) is 0 Å². The molecule has 0 radical (unpaired) electrons. The van der Waals surface area contributed by atoms with Crippen molar-refractivity contribution in [2.45, 2.75) is 0 Å². The number of nitrogens with one attached hydrogen (secondary N) is 2. The Balaban J connectivity index is 1.38. The van der Waals surface area contributed by atoms with Crippen LogP contribution in [0.5, 0.6) is 11.5 Å². The number of hydrogen-bond donors (Lipinski definition) is 4. The summed E-state index contributed by atoms with van der Waals surface area (Å²) in [6.07, 6.45) is 0. The molecule has 0 heterocycles. The summed E-state index contributed by atoms with van der Waals surface area (Å²) >= 11 is 25.5. The predicted octanol–water partition coefficient (Wildman–Crippen LogP) is 8.64. The van der Waals surface area contributed by atoms with Gasteiger partial charge in [-0.1, -0.05) is 70.7 Å². The van der Waals surface area contributed by atoms with Crippen LogP contribution in [0.3, 0.4) is 0 Å². The maximum absolute atomic E-state index is 11.5. The zero-order chi connectivity index (χ0) is 28.8. The fraction of sp³-hybridized carbons (Fsp3) is 0.0714. The van der Waals surface area contributed by atoms with Gasteiger partial charge in [-0.25, -0.2) is 9.59 Å². The molecule has 4 N–H and O–H groups in total. The van der Waals surface area contributed by atoms with Crippen molar-refractivity contribution in [3.63, 3.8) is 0 Å². The number of anilines is 4. The number of ether oxygens (including phenoxy) is 2. The van der Waals surface area contributed by atoms with Gasteiger partial charge < -0.3 is 30.3 Å². The lowest BCUT2D eigenvalue weighted by Gasteiger charge is -2.16. The number of benzene rings is 4. The summed E-state index contributed by atoms with van der Waals surface area (Å²) in [5, 5.41) is 25.6. The molecule has 0 aromatic heterocycles. The van der Waals surface area contributed by atoms with Crippen LogP contribution in [0.4, 0.5) is 22.7 Å². The standard InChI is InChI=1S/C28H20Cl4N2O6/c29-19-11-15(33-23-7-3-1-5-17(23)27(35)36)12-20(30)25(19)39-9-10-40-26-21(31)13-16(14-22(26)32)34-24-8-4-2-6-18(24)28(37)38/h1-8,11-14,33-34H,9-10H2,(H,35,36)(H,37,38). The summed E-state index contributed by atoms with van der Waals surface area (Å²) < 4.78 is 11.4. The second-order valence-corrected chi connectivity index (χ2v) is 9.82. The second-order valence-electron chi connectivity index (χ2n) is 8.19. The quantitative estimate of drug-likeness (QED) is 0.123. The molecule has 0 saturated heterocycles. The third-order valence-corrected chi connectivity index (χ3v) is 6.57. The second kappa shape index (κ2) is 13.0. The molecule has 0 aliphatic carbocycles. The van der Waals surface area contributed by atoms with Crippen molar-refractivity contribution in [1.82, 2.24) is 0 Å². The van der Waals surface area contributed by atoms with Gasteiger partial charge in [0.1, 0.15) is 13.2 Å². The zero-order valence-electron chi connectivity index (χ0n) is 20.4. The molecule has 8 nitrogen and oxygen atoms in total. The summed E-state index contributed by atoms with van der Waals surface area (Å²) in [4.78, 5) is 22.9. The maximum Gasteiger partial charge on any atom is 0.337 e. The average Bonchev–Trinajstić information content (AvgIpc) is 2.89. The Kier molecular flexibility index (Phi) is 9.50. The van der Waals surface area contributed by atoms with E-state index >= 15 is 0 Å². The van der Waals surface area contributed by atoms with Crippen molar-refractivity contribution < 1.29 is 29.3 Å². The molecule has 0 unspecified atom stereocenters. The SMILES string of the molecule is O=C(O)c1ccccc1Nc1cc(Cl)c(OCCOc2c(Cl)cc(Nc3ccccc3C(=O)O)cc2Cl)c(Cl)c1. The molecule has 0 aliphatic rings. The van der Waals surface area contributed by atoms with Crippen LogP contribution in [0.1, 0.15) is 20.7 Å². The summed E-state index contributed by atoms with van der Waals surface area (Å²) in [5.74, 6) is -1.71. The Hall–Kier alpha value is -3.82. The lowest BCUT2D eigenvalue weighted by molar-refractivity contribution is 0.0687. The van der Waals surface area contributed by atoms with Crippen molar-refractivity contribution in [1.29, 1.82) is 0 Å². The monoisotopic (exact) mass is 620 g/mol. The van der Waals surface area contributed by atoms with Gasteiger partial charge >= 0.3 is 11.9 Å². The predicted molar refractivity (Wildman–Crippen MR) is 157 cm³/mol. The molecule has 0 bridgehead atoms. The third kappa shape index (κ3) is 7.03. The Labute approximate surface area is 249 Å². The highest BCUT2D eigenvalue weighted by molar-refractivity contribution is 6.38. The van der Waals surface area contributed by atoms with E-state index in [1.807, 2.05) is 0 Å². The van der Waals surface area contributed by atoms with Crippen LogP contribution in [-0.4, -0.2) is 35.4 Å². The number of rotatable bonds is 11. The Morgan fingerprint density at radius 1 is 0.600 bits per heavy atom. The van der Waals surface area contributed by atoms with Crippen molar-refractivity contribution in [2.75, 3.05) is 23.8 Å². The van der Waals surface area contributed by atoms with E-state index in [0.717, 1.165) is 0 Å². The molecule has 4 aromatic rings. The van der Waals surface area contributed by atoms with Crippen LogP contribution >= 0.6 is 46.4 Å². The normalized spacial score (nSPS) is 10.6. The molecule has 0 saturated carbocycles. The smallest absolute Gasteiger partial charge is 0.337 e. The molecule has 0 fully saturated rings. The Morgan fingerprint density at radius 3 is 1.25 bits per heavy atom. The maximum atomic E-state index is 11.5. The summed E-state index contributed by atoms with van der Waals surface area (Å²) in [7, 11) is 0. The van der Waals surface area contributed by atoms with Crippen LogP contribution in [0.25, 0.3) is 0 Å². The lowest BCUT2D eigenvalue weighted by atomic mass is 10.1. The molecular weight excluding hydrogens is 602 g/mol. The minimum absolute atomic E-state index is 0.0483. The highest BCUT2D eigenvalue weighted by Crippen LogP contribution is 2.39. The van der Waals surface area contributed by atoms with E-state index in [1.165, 1.54) is 12.1 Å². The first-order valence-electron chi connectivity index (χ1n) is 11.6. The van der Waals surface area contributed by atoms with Gasteiger partial charge in [0.15, 0.2) is 11.5 Å². The molecule has 12 heteroatoms. The number of para-hydroxylation sites is 2. The first-order chi connectivity index (χ1) is 19.1. The summed E-state index contributed by atoms with van der Waals surface area (Å²) in [6, 6.07) is 19.1. The third-order valence-electron chi connectivity index (χ3n) is 5.45. The fourth-order valence-electron chi connectivity index (χ4n) is 3.70. The van der Waals surface area contributed by atoms with Crippen LogP contribution < -0.4 is 20.1 Å². The minimum atomic E-state index is -1.07. The van der Waals surface area contributed by atoms with E-state index < -0.39 is 11.9 Å². The van der Waals surface area contributed by atoms with Gasteiger partial charge in [0.05, 0.1) is 42.6 Å². The van der Waals surface area contributed by atoms with Crippen molar-refractivity contribution in [3.8, 4) is 11.5 Å². The minimum Gasteiger partial charge on any atom is -0.487 e. The summed E-state index contributed by atoms with van der Waals surface area (Å²) in [5.41, 5.74) is 1.91. The Bertz CT molecular complexity index is 1420. The van der Waals surface area contributed by atoms with Gasteiger partial charge in [-0.2, -0.15) is 0 Å². The van der Waals surface area contributed by atoms with Crippen LogP contribution in [0, 0.1) is 0 Å². The number of carbonyl (C=O) groups is 2. The van der Waals surface area contributed by atoms with E-state index in [9.17, 15) is 19.8 Å². The van der Waals surface area contributed by atoms with Crippen LogP contribution in [0.2, 0.25) is 20.1 Å². The lowest BCUT2D eigenvalue weighted by Crippen LogP contribution is -2.10. The van der Waals surface area contributed by atoms with E-state index in [1.54, 1.807) is 60.7 Å². The molecule has 0 atom stereocenters. The van der Waals surface area contributed by atoms with Gasteiger partial charge in [0.2, 0.25) is 0 Å². The number of carboxylic acid groups (broad SMARTS) is 2. The van der Waals surface area contributed by atoms with E-state index in [-0.39, 0.29) is 55.9 Å². The van der Waals surface area contributed by atoms with E-state index in [2.05, 4.69) is 10.6 Å². The van der Waals surface area contributed by atoms with E-state index in [0.29, 0.717) is 22.7 Å². The van der Waals surface area contributed by atoms with E-state index in [4.69, 9.17) is 55.9 Å². The molecule has 0 spiro atoms. The molecule has 4 aromatic carbocycles. The highest BCUT2D eigenvalue weighted by atomic mass is 35.5. The molecule has 4 rings (SSSR count). The fourth-order valence-corrected chi connectivity index (χ4v) is 4.89. The van der Waals surface area contributed by atoms with Crippen LogP contribution in [0.15, 0.2) is 72.8 Å². The van der Waals surface area contributed by atoms with Crippen molar-refractivity contribution in [3.05, 3.63) is 104 Å². The first kappa shape index (κ1) is 29.2. The number of hydrogen-bond acceptors (Lipinski definition) is 6. The van der Waals surface area contributed by atoms with Gasteiger partial charge in [-0.15, -0.1) is 0 Å². The molecule has 206 valence electrons. The van der Waals surface area contributed by atoms with Crippen molar-refractivity contribution >= 4 is 81.1 Å². The van der Waals surface area contributed by atoms with Gasteiger partial charge in [0, 0.05) is 11.4 Å². The molecule has 0 aliphatic heterocycles.